The van der Waals surface area contributed by atoms with Crippen LogP contribution in [0.3, 0.4) is 0 Å². The Balaban J connectivity index is 1.34. The van der Waals surface area contributed by atoms with E-state index in [4.69, 9.17) is 21.1 Å². The maximum atomic E-state index is 13.6. The first-order valence-electron chi connectivity index (χ1n) is 16.1. The number of amides is 3. The number of nitrogens with one attached hydrogen (secondary N) is 1. The molecule has 0 saturated carbocycles. The second-order valence-corrected chi connectivity index (χ2v) is 13.7. The molecule has 2 aromatic rings. The average Bonchev–Trinajstić information content (AvgIpc) is 3.06. The Kier molecular flexibility index (Phi) is 12.2. The number of piperidine rings is 2. The molecule has 0 bridgehead atoms. The number of nitrogens with zero attached hydrogens (tertiary/aromatic N) is 4. The van der Waals surface area contributed by atoms with E-state index in [1.54, 1.807) is 40.4 Å². The van der Waals surface area contributed by atoms with E-state index in [1.807, 2.05) is 26.8 Å². The topological polar surface area (TPSA) is 142 Å². The summed E-state index contributed by atoms with van der Waals surface area (Å²) in [6, 6.07) is 8.26. The zero-order chi connectivity index (χ0) is 34.1. The monoisotopic (exact) mass is 665 g/mol. The third kappa shape index (κ3) is 10.2. The van der Waals surface area contributed by atoms with Gasteiger partial charge in [0.15, 0.2) is 0 Å². The zero-order valence-corrected chi connectivity index (χ0v) is 28.3. The van der Waals surface area contributed by atoms with Gasteiger partial charge in [0, 0.05) is 50.6 Å². The summed E-state index contributed by atoms with van der Waals surface area (Å²) in [5, 5.41) is 12.7. The van der Waals surface area contributed by atoms with Crippen molar-refractivity contribution in [3.8, 4) is 17.2 Å². The highest BCUT2D eigenvalue weighted by molar-refractivity contribution is 6.31. The third-order valence-electron chi connectivity index (χ3n) is 8.67. The summed E-state index contributed by atoms with van der Waals surface area (Å²) in [4.78, 5) is 59.3. The molecule has 252 valence electrons. The highest BCUT2D eigenvalue weighted by Crippen LogP contribution is 2.29. The number of methoxy groups -OCH3 is 1. The summed E-state index contributed by atoms with van der Waals surface area (Å²) >= 11 is 6.11. The van der Waals surface area contributed by atoms with Gasteiger partial charge < -0.3 is 24.6 Å². The molecule has 1 aromatic carbocycles. The van der Waals surface area contributed by atoms with Crippen LogP contribution in [-0.2, 0) is 23.9 Å². The number of esters is 1. The molecule has 12 heteroatoms. The van der Waals surface area contributed by atoms with Gasteiger partial charge in [0.25, 0.3) is 0 Å². The van der Waals surface area contributed by atoms with Gasteiger partial charge in [0.2, 0.25) is 11.8 Å². The van der Waals surface area contributed by atoms with Crippen LogP contribution < -0.4 is 5.32 Å². The van der Waals surface area contributed by atoms with E-state index in [0.29, 0.717) is 73.1 Å². The number of aromatic nitrogens is 1. The summed E-state index contributed by atoms with van der Waals surface area (Å²) in [5.74, 6) is -0.773. The van der Waals surface area contributed by atoms with E-state index < -0.39 is 23.5 Å². The van der Waals surface area contributed by atoms with Gasteiger partial charge in [-0.05, 0) is 88.1 Å². The number of rotatable bonds is 9. The van der Waals surface area contributed by atoms with Gasteiger partial charge in [0.1, 0.15) is 11.7 Å². The van der Waals surface area contributed by atoms with Gasteiger partial charge in [-0.3, -0.25) is 19.4 Å². The molecule has 1 N–H and O–H groups in total. The lowest BCUT2D eigenvalue weighted by Gasteiger charge is -2.35. The third-order valence-corrected chi connectivity index (χ3v) is 9.00. The van der Waals surface area contributed by atoms with Crippen molar-refractivity contribution in [1.29, 1.82) is 5.26 Å². The second kappa shape index (κ2) is 16.1. The summed E-state index contributed by atoms with van der Waals surface area (Å²) in [5.41, 5.74) is 1.82. The summed E-state index contributed by atoms with van der Waals surface area (Å²) in [6.45, 7) is 7.70. The molecule has 0 radical (unpaired) electrons. The molecule has 3 amide bonds. The fourth-order valence-corrected chi connectivity index (χ4v) is 6.18. The molecular formula is C35H44ClN5O6. The Morgan fingerprint density at radius 1 is 1.06 bits per heavy atom. The maximum absolute atomic E-state index is 13.6. The summed E-state index contributed by atoms with van der Waals surface area (Å²) in [6.07, 6.45) is 6.96. The molecule has 0 aliphatic carbocycles. The minimum Gasteiger partial charge on any atom is -0.469 e. The van der Waals surface area contributed by atoms with Gasteiger partial charge in [-0.15, -0.1) is 0 Å². The Hall–Kier alpha value is -4.17. The van der Waals surface area contributed by atoms with Crippen LogP contribution >= 0.6 is 11.6 Å². The highest BCUT2D eigenvalue weighted by Gasteiger charge is 2.32. The maximum Gasteiger partial charge on any atom is 0.410 e. The van der Waals surface area contributed by atoms with Crippen molar-refractivity contribution >= 4 is 35.5 Å². The van der Waals surface area contributed by atoms with Gasteiger partial charge in [-0.25, -0.2) is 4.79 Å². The van der Waals surface area contributed by atoms with Crippen LogP contribution in [0.5, 0.6) is 0 Å². The number of halogens is 1. The van der Waals surface area contributed by atoms with Crippen LogP contribution in [0.1, 0.15) is 82.9 Å². The molecule has 4 rings (SSSR count). The van der Waals surface area contributed by atoms with Crippen molar-refractivity contribution in [1.82, 2.24) is 20.1 Å². The number of hydrogen-bond donors (Lipinski definition) is 1. The van der Waals surface area contributed by atoms with Crippen LogP contribution in [0.4, 0.5) is 4.79 Å². The number of likely N-dealkylation sites (tertiary alicyclic amines) is 2. The zero-order valence-electron chi connectivity index (χ0n) is 27.6. The van der Waals surface area contributed by atoms with Crippen molar-refractivity contribution in [3.63, 3.8) is 0 Å². The van der Waals surface area contributed by atoms with Gasteiger partial charge >= 0.3 is 12.1 Å². The second-order valence-electron chi connectivity index (χ2n) is 13.3. The largest absolute Gasteiger partial charge is 0.469 e. The quantitative estimate of drug-likeness (QED) is 0.338. The molecule has 2 fully saturated rings. The van der Waals surface area contributed by atoms with E-state index >= 15 is 0 Å². The van der Waals surface area contributed by atoms with Crippen LogP contribution in [0.15, 0.2) is 36.7 Å². The number of hydrogen-bond acceptors (Lipinski definition) is 8. The van der Waals surface area contributed by atoms with Crippen LogP contribution in [0.25, 0.3) is 11.1 Å². The average molecular weight is 666 g/mol. The number of ether oxygens (including phenoxy) is 2. The van der Waals surface area contributed by atoms with E-state index in [0.717, 1.165) is 24.8 Å². The fraction of sp³-hybridized carbons (Fsp3) is 0.543. The molecule has 0 spiro atoms. The Morgan fingerprint density at radius 2 is 1.81 bits per heavy atom. The first-order chi connectivity index (χ1) is 22.4. The smallest absolute Gasteiger partial charge is 0.410 e. The lowest BCUT2D eigenvalue weighted by atomic mass is 9.91. The summed E-state index contributed by atoms with van der Waals surface area (Å²) in [7, 11) is 1.29. The lowest BCUT2D eigenvalue weighted by molar-refractivity contribution is -0.141. The fourth-order valence-electron chi connectivity index (χ4n) is 6.02. The highest BCUT2D eigenvalue weighted by atomic mass is 35.5. The first-order valence-corrected chi connectivity index (χ1v) is 16.5. The molecule has 1 unspecified atom stereocenters. The van der Waals surface area contributed by atoms with Crippen LogP contribution in [0, 0.1) is 23.2 Å². The number of pyridine rings is 1. The van der Waals surface area contributed by atoms with Crippen molar-refractivity contribution < 1.29 is 28.7 Å². The van der Waals surface area contributed by atoms with E-state index in [-0.39, 0.29) is 24.3 Å². The van der Waals surface area contributed by atoms with Crippen LogP contribution in [0.2, 0.25) is 5.02 Å². The number of carbonyl (C=O) groups excluding carboxylic acids is 4. The predicted octanol–water partition coefficient (Wildman–Crippen LogP) is 5.66. The SMILES string of the molecule is COC(=O)C[C@@H](NC(=O)C1CCCN(C(=O)CCC2CCN(C(=O)OC(C)(C)C)CC2)C1)c1cncc(-c2ccc(Cl)c(C#N)c2)c1. The molecular weight excluding hydrogens is 622 g/mol. The van der Waals surface area contributed by atoms with E-state index in [1.165, 1.54) is 7.11 Å². The minimum atomic E-state index is -0.706. The van der Waals surface area contributed by atoms with Crippen molar-refractivity contribution in [2.24, 2.45) is 11.8 Å². The normalized spacial score (nSPS) is 17.7. The number of carbonyl (C=O) groups is 4. The Bertz CT molecular complexity index is 1490. The van der Waals surface area contributed by atoms with E-state index in [2.05, 4.69) is 16.4 Å². The lowest BCUT2D eigenvalue weighted by Crippen LogP contribution is -2.46. The van der Waals surface area contributed by atoms with Gasteiger partial charge in [-0.2, -0.15) is 5.26 Å². The van der Waals surface area contributed by atoms with Crippen molar-refractivity contribution in [2.45, 2.75) is 77.4 Å². The molecule has 2 saturated heterocycles. The standard InChI is InChI=1S/C35H44ClN5O6/c1-35(2,3)47-34(45)40-14-11-23(12-15-40)7-10-31(42)41-13-5-6-25(22-41)33(44)39-30(18-32(43)46-4)28-17-27(20-38-21-28)24-8-9-29(36)26(16-24)19-37/h8-9,16-17,20-21,23,25,30H,5-7,10-15,18,22H2,1-4H3,(H,39,44)/t25?,30-/m1/s1. The molecule has 1 aromatic heterocycles. The van der Waals surface area contributed by atoms with Crippen molar-refractivity contribution in [3.05, 3.63) is 52.8 Å². The summed E-state index contributed by atoms with van der Waals surface area (Å²) < 4.78 is 10.4. The molecule has 2 aliphatic heterocycles. The molecule has 2 atom stereocenters. The van der Waals surface area contributed by atoms with E-state index in [9.17, 15) is 24.4 Å². The van der Waals surface area contributed by atoms with Crippen molar-refractivity contribution in [2.75, 3.05) is 33.3 Å². The number of nitriles is 1. The Morgan fingerprint density at radius 3 is 2.49 bits per heavy atom. The minimum absolute atomic E-state index is 0.0276. The molecule has 3 heterocycles. The number of benzene rings is 1. The molecule has 2 aliphatic rings. The van der Waals surface area contributed by atoms with Gasteiger partial charge in [-0.1, -0.05) is 17.7 Å². The van der Waals surface area contributed by atoms with Gasteiger partial charge in [0.05, 0.1) is 36.1 Å². The Labute approximate surface area is 281 Å². The first kappa shape index (κ1) is 35.7. The predicted molar refractivity (Wildman–Crippen MR) is 176 cm³/mol. The molecule has 47 heavy (non-hydrogen) atoms. The van der Waals surface area contributed by atoms with Crippen LogP contribution in [-0.4, -0.2) is 77.6 Å². The molecule has 11 nitrogen and oxygen atoms in total.